The van der Waals surface area contributed by atoms with Crippen LogP contribution in [0.2, 0.25) is 0 Å². The van der Waals surface area contributed by atoms with Gasteiger partial charge in [0.1, 0.15) is 0 Å². The Morgan fingerprint density at radius 3 is 2.26 bits per heavy atom. The third-order valence-corrected chi connectivity index (χ3v) is 6.34. The second-order valence-electron chi connectivity index (χ2n) is 9.10. The van der Waals surface area contributed by atoms with Crippen molar-refractivity contribution in [2.24, 2.45) is 17.3 Å². The molecule has 1 saturated heterocycles. The Hall–Kier alpha value is -1.68. The Morgan fingerprint density at radius 2 is 1.70 bits per heavy atom. The first-order valence-electron chi connectivity index (χ1n) is 10.4. The van der Waals surface area contributed by atoms with E-state index in [9.17, 15) is 9.59 Å². The standard InChI is InChI=1S/C23H33NO3/c1-16(2)9-10-23(12-14-27-20(15-23)17(3)4)11-13-24-21(25)18-7-5-6-8-19(18)22(24)26/h5-8,16-17,20H,9-15H2,1-4H3. The van der Waals surface area contributed by atoms with E-state index < -0.39 is 0 Å². The van der Waals surface area contributed by atoms with Gasteiger partial charge in [-0.2, -0.15) is 0 Å². The molecule has 4 heteroatoms. The average Bonchev–Trinajstić information content (AvgIpc) is 2.90. The maximum Gasteiger partial charge on any atom is 0.261 e. The largest absolute Gasteiger partial charge is 0.378 e. The molecule has 2 aliphatic heterocycles. The lowest BCUT2D eigenvalue weighted by Crippen LogP contribution is -2.41. The van der Waals surface area contributed by atoms with Crippen molar-refractivity contribution in [1.82, 2.24) is 4.90 Å². The van der Waals surface area contributed by atoms with Gasteiger partial charge in [0.15, 0.2) is 0 Å². The summed E-state index contributed by atoms with van der Waals surface area (Å²) in [5, 5.41) is 0. The van der Waals surface area contributed by atoms with Gasteiger partial charge in [-0.25, -0.2) is 0 Å². The third-order valence-electron chi connectivity index (χ3n) is 6.34. The van der Waals surface area contributed by atoms with E-state index in [0.717, 1.165) is 32.3 Å². The first-order valence-corrected chi connectivity index (χ1v) is 10.4. The summed E-state index contributed by atoms with van der Waals surface area (Å²) < 4.78 is 6.02. The minimum atomic E-state index is -0.137. The van der Waals surface area contributed by atoms with Crippen LogP contribution in [0.15, 0.2) is 24.3 Å². The summed E-state index contributed by atoms with van der Waals surface area (Å²) in [6, 6.07) is 7.16. The van der Waals surface area contributed by atoms with E-state index in [2.05, 4.69) is 27.7 Å². The van der Waals surface area contributed by atoms with E-state index in [1.54, 1.807) is 12.1 Å². The molecule has 4 nitrogen and oxygen atoms in total. The number of ether oxygens (including phenoxy) is 1. The number of amides is 2. The molecule has 2 aliphatic rings. The molecule has 2 heterocycles. The van der Waals surface area contributed by atoms with Crippen molar-refractivity contribution in [2.45, 2.75) is 65.9 Å². The van der Waals surface area contributed by atoms with E-state index in [4.69, 9.17) is 4.74 Å². The fourth-order valence-corrected chi connectivity index (χ4v) is 4.41. The summed E-state index contributed by atoms with van der Waals surface area (Å²) in [4.78, 5) is 26.9. The summed E-state index contributed by atoms with van der Waals surface area (Å²) in [6.07, 6.45) is 5.51. The Balaban J connectivity index is 1.73. The number of hydrogen-bond acceptors (Lipinski definition) is 3. The normalized spacial score (nSPS) is 25.6. The first kappa shape index (κ1) is 20.1. The van der Waals surface area contributed by atoms with Gasteiger partial charge in [0, 0.05) is 13.2 Å². The summed E-state index contributed by atoms with van der Waals surface area (Å²) in [6.45, 7) is 10.2. The highest BCUT2D eigenvalue weighted by atomic mass is 16.5. The molecule has 0 spiro atoms. The highest BCUT2D eigenvalue weighted by Gasteiger charge is 2.41. The number of carbonyl (C=O) groups is 2. The minimum Gasteiger partial charge on any atom is -0.378 e. The van der Waals surface area contributed by atoms with Gasteiger partial charge in [0.25, 0.3) is 11.8 Å². The number of rotatable bonds is 7. The molecule has 2 unspecified atom stereocenters. The van der Waals surface area contributed by atoms with Crippen LogP contribution in [-0.2, 0) is 4.74 Å². The van der Waals surface area contributed by atoms with Crippen molar-refractivity contribution in [3.05, 3.63) is 35.4 Å². The number of imide groups is 1. The molecular formula is C23H33NO3. The highest BCUT2D eigenvalue weighted by molar-refractivity contribution is 6.21. The van der Waals surface area contributed by atoms with Crippen molar-refractivity contribution in [1.29, 1.82) is 0 Å². The van der Waals surface area contributed by atoms with Crippen LogP contribution in [0.4, 0.5) is 0 Å². The van der Waals surface area contributed by atoms with E-state index in [0.29, 0.717) is 29.5 Å². The van der Waals surface area contributed by atoms with Crippen LogP contribution < -0.4 is 0 Å². The van der Waals surface area contributed by atoms with Crippen LogP contribution in [0, 0.1) is 17.3 Å². The zero-order chi connectivity index (χ0) is 19.6. The lowest BCUT2D eigenvalue weighted by Gasteiger charge is -2.43. The zero-order valence-electron chi connectivity index (χ0n) is 17.2. The van der Waals surface area contributed by atoms with E-state index >= 15 is 0 Å². The van der Waals surface area contributed by atoms with Crippen LogP contribution in [0.1, 0.15) is 80.5 Å². The van der Waals surface area contributed by atoms with Crippen molar-refractivity contribution in [3.8, 4) is 0 Å². The van der Waals surface area contributed by atoms with Gasteiger partial charge < -0.3 is 4.74 Å². The van der Waals surface area contributed by atoms with Gasteiger partial charge in [-0.3, -0.25) is 14.5 Å². The summed E-state index contributed by atoms with van der Waals surface area (Å²) in [5.74, 6) is 0.869. The van der Waals surface area contributed by atoms with Crippen molar-refractivity contribution < 1.29 is 14.3 Å². The summed E-state index contributed by atoms with van der Waals surface area (Å²) >= 11 is 0. The molecule has 0 aromatic heterocycles. The Kier molecular flexibility index (Phi) is 6.05. The van der Waals surface area contributed by atoms with Crippen molar-refractivity contribution >= 4 is 11.8 Å². The van der Waals surface area contributed by atoms with Crippen LogP contribution in [0.3, 0.4) is 0 Å². The van der Waals surface area contributed by atoms with Gasteiger partial charge in [0.2, 0.25) is 0 Å². The van der Waals surface area contributed by atoms with Crippen LogP contribution in [-0.4, -0.2) is 36.0 Å². The van der Waals surface area contributed by atoms with E-state index in [-0.39, 0.29) is 23.3 Å². The molecule has 0 N–H and O–H groups in total. The topological polar surface area (TPSA) is 46.6 Å². The molecule has 0 aliphatic carbocycles. The van der Waals surface area contributed by atoms with E-state index in [1.807, 2.05) is 12.1 Å². The van der Waals surface area contributed by atoms with Crippen LogP contribution >= 0.6 is 0 Å². The van der Waals surface area contributed by atoms with Gasteiger partial charge in [-0.15, -0.1) is 0 Å². The van der Waals surface area contributed by atoms with Gasteiger partial charge >= 0.3 is 0 Å². The second kappa shape index (κ2) is 8.14. The summed E-state index contributed by atoms with van der Waals surface area (Å²) in [5.41, 5.74) is 1.25. The fraction of sp³-hybridized carbons (Fsp3) is 0.652. The number of nitrogens with zero attached hydrogens (tertiary/aromatic N) is 1. The molecule has 0 saturated carbocycles. The van der Waals surface area contributed by atoms with Gasteiger partial charge in [-0.05, 0) is 55.1 Å². The average molecular weight is 372 g/mol. The second-order valence-corrected chi connectivity index (χ2v) is 9.10. The Labute approximate surface area is 163 Å². The number of carbonyl (C=O) groups excluding carboxylic acids is 2. The predicted octanol–water partition coefficient (Wildman–Crippen LogP) is 4.93. The smallest absolute Gasteiger partial charge is 0.261 e. The molecule has 148 valence electrons. The molecule has 27 heavy (non-hydrogen) atoms. The number of hydrogen-bond donors (Lipinski definition) is 0. The molecule has 1 aromatic carbocycles. The minimum absolute atomic E-state index is 0.137. The maximum atomic E-state index is 12.7. The summed E-state index contributed by atoms with van der Waals surface area (Å²) in [7, 11) is 0. The Bertz CT molecular complexity index is 662. The lowest BCUT2D eigenvalue weighted by atomic mass is 9.69. The van der Waals surface area contributed by atoms with Gasteiger partial charge in [0.05, 0.1) is 17.2 Å². The zero-order valence-corrected chi connectivity index (χ0v) is 17.2. The molecule has 2 atom stereocenters. The molecule has 3 rings (SSSR count). The van der Waals surface area contributed by atoms with Crippen molar-refractivity contribution in [3.63, 3.8) is 0 Å². The lowest BCUT2D eigenvalue weighted by molar-refractivity contribution is -0.0773. The van der Waals surface area contributed by atoms with Crippen LogP contribution in [0.5, 0.6) is 0 Å². The fourth-order valence-electron chi connectivity index (χ4n) is 4.41. The molecule has 0 bridgehead atoms. The molecule has 0 radical (unpaired) electrons. The van der Waals surface area contributed by atoms with Crippen molar-refractivity contribution in [2.75, 3.05) is 13.2 Å². The van der Waals surface area contributed by atoms with E-state index in [1.165, 1.54) is 11.3 Å². The number of fused-ring (bicyclic) bond motifs is 1. The Morgan fingerprint density at radius 1 is 1.07 bits per heavy atom. The van der Waals surface area contributed by atoms with Crippen LogP contribution in [0.25, 0.3) is 0 Å². The van der Waals surface area contributed by atoms with Gasteiger partial charge in [-0.1, -0.05) is 46.2 Å². The molecular weight excluding hydrogens is 338 g/mol. The number of benzene rings is 1. The molecule has 1 aromatic rings. The monoisotopic (exact) mass is 371 g/mol. The first-order chi connectivity index (χ1) is 12.8. The highest BCUT2D eigenvalue weighted by Crippen LogP contribution is 2.44. The molecule has 1 fully saturated rings. The third kappa shape index (κ3) is 4.26. The maximum absolute atomic E-state index is 12.7. The quantitative estimate of drug-likeness (QED) is 0.639. The molecule has 2 amide bonds. The SMILES string of the molecule is CC(C)CCC1(CCN2C(=O)c3ccccc3C2=O)CCOC(C(C)C)C1. The predicted molar refractivity (Wildman–Crippen MR) is 107 cm³/mol.